The highest BCUT2D eigenvalue weighted by atomic mass is 79.9. The van der Waals surface area contributed by atoms with Gasteiger partial charge in [-0.2, -0.15) is 0 Å². The zero-order valence-electron chi connectivity index (χ0n) is 15.6. The Morgan fingerprint density at radius 1 is 0.889 bits per heavy atom. The van der Waals surface area contributed by atoms with Crippen molar-refractivity contribution in [2.45, 2.75) is 31.7 Å². The molecule has 0 spiro atoms. The molecule has 3 aromatic carbocycles. The quantitative estimate of drug-likeness (QED) is 0.478. The normalized spacial score (nSPS) is 12.2. The van der Waals surface area contributed by atoms with E-state index < -0.39 is 8.32 Å². The molecule has 140 valence electrons. The minimum atomic E-state index is -2.97. The first-order valence-electron chi connectivity index (χ1n) is 9.12. The van der Waals surface area contributed by atoms with Crippen LogP contribution in [-0.2, 0) is 6.42 Å². The maximum absolute atomic E-state index is 12.2. The van der Waals surface area contributed by atoms with E-state index in [4.69, 9.17) is 11.6 Å². The first kappa shape index (κ1) is 20.3. The van der Waals surface area contributed by atoms with Crippen LogP contribution >= 0.6 is 27.5 Å². The van der Waals surface area contributed by atoms with Crippen LogP contribution in [0.1, 0.15) is 25.8 Å². The highest BCUT2D eigenvalue weighted by Gasteiger charge is 2.49. The zero-order valence-corrected chi connectivity index (χ0v) is 19.0. The molecule has 0 unspecified atom stereocenters. The van der Waals surface area contributed by atoms with Crippen molar-refractivity contribution in [1.29, 1.82) is 0 Å². The van der Waals surface area contributed by atoms with Crippen LogP contribution in [0.2, 0.25) is 10.1 Å². The minimum Gasteiger partial charge on any atom is -0.424 e. The molecule has 0 amide bonds. The highest BCUT2D eigenvalue weighted by Crippen LogP contribution is 2.40. The Morgan fingerprint density at radius 2 is 1.41 bits per heavy atom. The molecule has 0 saturated carbocycles. The molecule has 0 radical (unpaired) electrons. The van der Waals surface area contributed by atoms with Gasteiger partial charge in [0, 0.05) is 9.50 Å². The van der Waals surface area contributed by atoms with Gasteiger partial charge in [0.2, 0.25) is 0 Å². The number of rotatable bonds is 6. The summed E-state index contributed by atoms with van der Waals surface area (Å²) in [4.78, 5) is 12.2. The van der Waals surface area contributed by atoms with Gasteiger partial charge >= 0.3 is 0 Å². The van der Waals surface area contributed by atoms with Gasteiger partial charge in [0.05, 0.1) is 0 Å². The van der Waals surface area contributed by atoms with Crippen molar-refractivity contribution >= 4 is 46.2 Å². The summed E-state index contributed by atoms with van der Waals surface area (Å²) in [7, 11) is -2.97. The predicted molar refractivity (Wildman–Crippen MR) is 122 cm³/mol. The van der Waals surface area contributed by atoms with Crippen LogP contribution in [0.25, 0.3) is 0 Å². The maximum atomic E-state index is 12.2. The number of benzene rings is 3. The molecular weight excluding hydrogens is 436 g/mol. The van der Waals surface area contributed by atoms with Gasteiger partial charge in [0.1, 0.15) is 0 Å². The van der Waals surface area contributed by atoms with Crippen molar-refractivity contribution in [2.75, 3.05) is 0 Å². The van der Waals surface area contributed by atoms with Crippen LogP contribution in [-0.4, -0.2) is 13.1 Å². The Hall–Kier alpha value is -1.39. The third-order valence-corrected chi connectivity index (χ3v) is 10.8. The molecular formula is C23H24BrClOSi. The van der Waals surface area contributed by atoms with E-state index in [2.05, 4.69) is 60.1 Å². The Morgan fingerprint density at radius 3 is 1.93 bits per heavy atom. The summed E-state index contributed by atoms with van der Waals surface area (Å²) in [5.74, 6) is 0. The van der Waals surface area contributed by atoms with Crippen molar-refractivity contribution in [1.82, 2.24) is 0 Å². The second kappa shape index (κ2) is 8.32. The van der Waals surface area contributed by atoms with E-state index in [1.165, 1.54) is 0 Å². The monoisotopic (exact) mass is 458 g/mol. The van der Waals surface area contributed by atoms with Crippen molar-refractivity contribution in [2.24, 2.45) is 0 Å². The van der Waals surface area contributed by atoms with Crippen molar-refractivity contribution in [3.8, 4) is 0 Å². The molecule has 0 heterocycles. The molecule has 1 nitrogen and oxygen atoms in total. The lowest BCUT2D eigenvalue weighted by molar-refractivity contribution is 0.466. The topological polar surface area (TPSA) is 20.2 Å². The maximum Gasteiger partial charge on any atom is 0.258 e. The van der Waals surface area contributed by atoms with Gasteiger partial charge in [-0.15, -0.1) is 0 Å². The van der Waals surface area contributed by atoms with Gasteiger partial charge in [-0.3, -0.25) is 0 Å². The van der Waals surface area contributed by atoms with E-state index >= 15 is 0 Å². The van der Waals surface area contributed by atoms with Crippen LogP contribution in [0.5, 0.6) is 0 Å². The fourth-order valence-electron chi connectivity index (χ4n) is 3.67. The summed E-state index contributed by atoms with van der Waals surface area (Å²) >= 11 is 9.93. The summed E-state index contributed by atoms with van der Waals surface area (Å²) in [6, 6.07) is 26.2. The predicted octanol–water partition coefficient (Wildman–Crippen LogP) is 5.57. The Bertz CT molecular complexity index is 857. The Balaban J connectivity index is 1.99. The molecule has 0 atom stereocenters. The average molecular weight is 460 g/mol. The molecule has 0 fully saturated rings. The summed E-state index contributed by atoms with van der Waals surface area (Å²) < 4.78 is 1.03. The molecule has 0 aromatic heterocycles. The van der Waals surface area contributed by atoms with Gasteiger partial charge in [0.25, 0.3) is 8.32 Å². The van der Waals surface area contributed by atoms with E-state index in [1.54, 1.807) is 0 Å². The number of aryl methyl sites for hydroxylation is 1. The number of hydrogen-bond donors (Lipinski definition) is 1. The molecule has 4 heteroatoms. The van der Waals surface area contributed by atoms with Crippen LogP contribution in [0.3, 0.4) is 0 Å². The molecule has 0 aliphatic heterocycles. The summed E-state index contributed by atoms with van der Waals surface area (Å²) in [5.41, 5.74) is 1.11. The van der Waals surface area contributed by atoms with Crippen LogP contribution < -0.4 is 10.4 Å². The third kappa shape index (κ3) is 4.22. The first-order valence-corrected chi connectivity index (χ1v) is 12.2. The Kier molecular flexibility index (Phi) is 6.27. The van der Waals surface area contributed by atoms with Crippen molar-refractivity contribution in [3.05, 3.63) is 93.9 Å². The van der Waals surface area contributed by atoms with E-state index in [-0.39, 0.29) is 5.04 Å². The fourth-order valence-corrected chi connectivity index (χ4v) is 8.02. The molecule has 1 N–H and O–H groups in total. The van der Waals surface area contributed by atoms with E-state index in [0.29, 0.717) is 0 Å². The lowest BCUT2D eigenvalue weighted by Gasteiger charge is -2.41. The second-order valence-electron chi connectivity index (χ2n) is 7.56. The average Bonchev–Trinajstić information content (AvgIpc) is 2.69. The SMILES string of the molecule is CC(C)(CCc1cc(Br)ccc1Cl)[Si](O)(c1ccccc1)c1ccccc1. The third-order valence-electron chi connectivity index (χ3n) is 5.39. The molecule has 0 aliphatic carbocycles. The lowest BCUT2D eigenvalue weighted by atomic mass is 10.0. The van der Waals surface area contributed by atoms with Crippen LogP contribution in [0, 0.1) is 0 Å². The number of halogens is 2. The summed E-state index contributed by atoms with van der Waals surface area (Å²) in [6.45, 7) is 4.37. The largest absolute Gasteiger partial charge is 0.424 e. The zero-order chi connectivity index (χ0) is 19.5. The van der Waals surface area contributed by atoms with Crippen LogP contribution in [0.4, 0.5) is 0 Å². The molecule has 3 aromatic rings. The van der Waals surface area contributed by atoms with E-state index in [0.717, 1.165) is 38.3 Å². The van der Waals surface area contributed by atoms with Gasteiger partial charge in [-0.1, -0.05) is 102 Å². The standard InChI is InChI=1S/C23H24BrClOSi/c1-23(2,16-15-18-17-19(24)13-14-22(18)25)27(26,20-9-5-3-6-10-20)21-11-7-4-8-12-21/h3-14,17,26H,15-16H2,1-2H3. The van der Waals surface area contributed by atoms with Gasteiger partial charge < -0.3 is 4.80 Å². The smallest absolute Gasteiger partial charge is 0.258 e. The molecule has 0 aliphatic rings. The minimum absolute atomic E-state index is 0.276. The van der Waals surface area contributed by atoms with Crippen LogP contribution in [0.15, 0.2) is 83.3 Å². The second-order valence-corrected chi connectivity index (χ2v) is 12.8. The molecule has 0 saturated heterocycles. The fraction of sp³-hybridized carbons (Fsp3) is 0.217. The molecule has 0 bridgehead atoms. The highest BCUT2D eigenvalue weighted by molar-refractivity contribution is 9.10. The van der Waals surface area contributed by atoms with Gasteiger partial charge in [0.15, 0.2) is 0 Å². The van der Waals surface area contributed by atoms with Gasteiger partial charge in [-0.05, 0) is 52.0 Å². The lowest BCUT2D eigenvalue weighted by Crippen LogP contribution is -2.65. The Labute approximate surface area is 176 Å². The van der Waals surface area contributed by atoms with Crippen molar-refractivity contribution in [3.63, 3.8) is 0 Å². The molecule has 3 rings (SSSR count). The van der Waals surface area contributed by atoms with Gasteiger partial charge in [-0.25, -0.2) is 0 Å². The molecule has 27 heavy (non-hydrogen) atoms. The van der Waals surface area contributed by atoms with E-state index in [9.17, 15) is 4.80 Å². The first-order chi connectivity index (χ1) is 12.8. The van der Waals surface area contributed by atoms with Crippen molar-refractivity contribution < 1.29 is 4.80 Å². The van der Waals surface area contributed by atoms with E-state index in [1.807, 2.05) is 48.5 Å². The number of hydrogen-bond acceptors (Lipinski definition) is 1. The summed E-state index contributed by atoms with van der Waals surface area (Å²) in [6.07, 6.45) is 1.66. The summed E-state index contributed by atoms with van der Waals surface area (Å²) in [5, 5.41) is 2.59.